The Labute approximate surface area is 134 Å². The molecule has 1 aliphatic heterocycles. The number of hydrogen-bond acceptors (Lipinski definition) is 3. The van der Waals surface area contributed by atoms with Gasteiger partial charge in [-0.2, -0.15) is 0 Å². The van der Waals surface area contributed by atoms with Crippen molar-refractivity contribution < 1.29 is 9.53 Å². The standard InChI is InChI=1S/C16H19N3O2S/c1-11-9-18(10-12(2)21-11)15(20)14-8-17-16(22)19(14)13-6-4-3-5-7-13/h3-8,11-12H,9-10H2,1-2H3,(H,17,22)/t11-,12-/m0/s1. The number of aromatic nitrogens is 2. The van der Waals surface area contributed by atoms with Crippen molar-refractivity contribution in [2.24, 2.45) is 0 Å². The molecule has 1 amide bonds. The molecular weight excluding hydrogens is 298 g/mol. The highest BCUT2D eigenvalue weighted by Crippen LogP contribution is 2.17. The van der Waals surface area contributed by atoms with Crippen LogP contribution in [0, 0.1) is 4.77 Å². The highest BCUT2D eigenvalue weighted by atomic mass is 32.1. The minimum atomic E-state index is -0.0294. The Morgan fingerprint density at radius 2 is 1.86 bits per heavy atom. The topological polar surface area (TPSA) is 50.3 Å². The Bertz CT molecular complexity index is 712. The summed E-state index contributed by atoms with van der Waals surface area (Å²) in [5.41, 5.74) is 1.43. The molecule has 1 aromatic carbocycles. The summed E-state index contributed by atoms with van der Waals surface area (Å²) in [4.78, 5) is 17.7. The fourth-order valence-electron chi connectivity index (χ4n) is 2.87. The molecule has 1 aromatic heterocycles. The number of H-pyrrole nitrogens is 1. The van der Waals surface area contributed by atoms with Gasteiger partial charge in [0.1, 0.15) is 5.69 Å². The van der Waals surface area contributed by atoms with Gasteiger partial charge < -0.3 is 14.6 Å². The van der Waals surface area contributed by atoms with Crippen LogP contribution in [0.1, 0.15) is 24.3 Å². The van der Waals surface area contributed by atoms with Gasteiger partial charge in [0.15, 0.2) is 4.77 Å². The van der Waals surface area contributed by atoms with Gasteiger partial charge in [0.25, 0.3) is 5.91 Å². The van der Waals surface area contributed by atoms with Crippen LogP contribution >= 0.6 is 12.2 Å². The molecule has 1 aliphatic rings. The molecule has 22 heavy (non-hydrogen) atoms. The number of carbonyl (C=O) groups excluding carboxylic acids is 1. The van der Waals surface area contributed by atoms with Crippen molar-refractivity contribution in [1.82, 2.24) is 14.5 Å². The van der Waals surface area contributed by atoms with Crippen LogP contribution in [0.15, 0.2) is 36.5 Å². The maximum absolute atomic E-state index is 12.9. The highest BCUT2D eigenvalue weighted by molar-refractivity contribution is 7.71. The van der Waals surface area contributed by atoms with Crippen LogP contribution in [-0.2, 0) is 4.74 Å². The third-order valence-electron chi connectivity index (χ3n) is 3.72. The molecule has 0 saturated carbocycles. The molecule has 0 bridgehead atoms. The van der Waals surface area contributed by atoms with E-state index in [1.54, 1.807) is 10.8 Å². The van der Waals surface area contributed by atoms with Crippen molar-refractivity contribution in [3.63, 3.8) is 0 Å². The summed E-state index contributed by atoms with van der Waals surface area (Å²) in [5.74, 6) is -0.0294. The van der Waals surface area contributed by atoms with E-state index in [0.717, 1.165) is 5.69 Å². The number of imidazole rings is 1. The Morgan fingerprint density at radius 3 is 2.50 bits per heavy atom. The molecule has 116 valence electrons. The van der Waals surface area contributed by atoms with Gasteiger partial charge in [-0.15, -0.1) is 0 Å². The zero-order valence-corrected chi connectivity index (χ0v) is 13.5. The summed E-state index contributed by atoms with van der Waals surface area (Å²) in [6, 6.07) is 9.66. The van der Waals surface area contributed by atoms with Crippen LogP contribution in [0.2, 0.25) is 0 Å². The van der Waals surface area contributed by atoms with E-state index in [9.17, 15) is 4.79 Å². The number of nitrogens with one attached hydrogen (secondary N) is 1. The van der Waals surface area contributed by atoms with Crippen molar-refractivity contribution in [3.8, 4) is 5.69 Å². The molecule has 1 saturated heterocycles. The van der Waals surface area contributed by atoms with Crippen molar-refractivity contribution in [2.75, 3.05) is 13.1 Å². The molecule has 0 aliphatic carbocycles. The molecule has 6 heteroatoms. The first-order valence-corrected chi connectivity index (χ1v) is 7.77. The largest absolute Gasteiger partial charge is 0.372 e. The lowest BCUT2D eigenvalue weighted by molar-refractivity contribution is -0.0587. The van der Waals surface area contributed by atoms with E-state index in [4.69, 9.17) is 17.0 Å². The average molecular weight is 317 g/mol. The Kier molecular flexibility index (Phi) is 4.13. The first kappa shape index (κ1) is 15.0. The van der Waals surface area contributed by atoms with E-state index in [2.05, 4.69) is 4.98 Å². The number of nitrogens with zero attached hydrogens (tertiary/aromatic N) is 2. The lowest BCUT2D eigenvalue weighted by Crippen LogP contribution is -2.48. The van der Waals surface area contributed by atoms with Crippen LogP contribution in [0.5, 0.6) is 0 Å². The second-order valence-electron chi connectivity index (χ2n) is 5.62. The maximum Gasteiger partial charge on any atom is 0.272 e. The third-order valence-corrected chi connectivity index (χ3v) is 4.02. The molecule has 2 atom stereocenters. The number of morpholine rings is 1. The van der Waals surface area contributed by atoms with Gasteiger partial charge in [0, 0.05) is 25.0 Å². The fourth-order valence-corrected chi connectivity index (χ4v) is 3.13. The molecule has 2 aromatic rings. The Balaban J connectivity index is 1.96. The van der Waals surface area contributed by atoms with Crippen LogP contribution in [0.25, 0.3) is 5.69 Å². The molecule has 1 N–H and O–H groups in total. The minimum absolute atomic E-state index is 0.0294. The first-order valence-electron chi connectivity index (χ1n) is 7.37. The average Bonchev–Trinajstić information content (AvgIpc) is 2.88. The minimum Gasteiger partial charge on any atom is -0.372 e. The number of para-hydroxylation sites is 1. The summed E-state index contributed by atoms with van der Waals surface area (Å²) in [7, 11) is 0. The van der Waals surface area contributed by atoms with E-state index in [-0.39, 0.29) is 18.1 Å². The van der Waals surface area contributed by atoms with E-state index in [1.807, 2.05) is 49.1 Å². The Morgan fingerprint density at radius 1 is 1.23 bits per heavy atom. The summed E-state index contributed by atoms with van der Waals surface area (Å²) >= 11 is 5.33. The van der Waals surface area contributed by atoms with Crippen molar-refractivity contribution in [2.45, 2.75) is 26.1 Å². The number of aromatic amines is 1. The zero-order chi connectivity index (χ0) is 15.7. The predicted octanol–water partition coefficient (Wildman–Crippen LogP) is 2.78. The van der Waals surface area contributed by atoms with Gasteiger partial charge in [0.05, 0.1) is 12.2 Å². The fraction of sp³-hybridized carbons (Fsp3) is 0.375. The normalized spacial score (nSPS) is 21.8. The monoisotopic (exact) mass is 317 g/mol. The number of ether oxygens (including phenoxy) is 1. The predicted molar refractivity (Wildman–Crippen MR) is 86.9 cm³/mol. The van der Waals surface area contributed by atoms with Crippen molar-refractivity contribution in [3.05, 3.63) is 47.0 Å². The van der Waals surface area contributed by atoms with Gasteiger partial charge in [-0.1, -0.05) is 18.2 Å². The second-order valence-corrected chi connectivity index (χ2v) is 6.00. The summed E-state index contributed by atoms with van der Waals surface area (Å²) in [5, 5.41) is 0. The van der Waals surface area contributed by atoms with Gasteiger partial charge in [-0.25, -0.2) is 0 Å². The van der Waals surface area contributed by atoms with Crippen molar-refractivity contribution in [1.29, 1.82) is 0 Å². The van der Waals surface area contributed by atoms with Gasteiger partial charge in [0.2, 0.25) is 0 Å². The first-order chi connectivity index (χ1) is 10.6. The molecular formula is C16H19N3O2S. The zero-order valence-electron chi connectivity index (χ0n) is 12.7. The van der Waals surface area contributed by atoms with E-state index < -0.39 is 0 Å². The van der Waals surface area contributed by atoms with E-state index in [1.165, 1.54) is 0 Å². The molecule has 0 radical (unpaired) electrons. The van der Waals surface area contributed by atoms with Gasteiger partial charge in [-0.3, -0.25) is 9.36 Å². The number of hydrogen-bond donors (Lipinski definition) is 1. The molecule has 0 spiro atoms. The van der Waals surface area contributed by atoms with Crippen LogP contribution < -0.4 is 0 Å². The lowest BCUT2D eigenvalue weighted by Gasteiger charge is -2.35. The molecule has 1 fully saturated rings. The summed E-state index contributed by atoms with van der Waals surface area (Å²) in [6.07, 6.45) is 1.77. The van der Waals surface area contributed by atoms with Crippen LogP contribution in [-0.4, -0.2) is 45.7 Å². The van der Waals surface area contributed by atoms with E-state index >= 15 is 0 Å². The second kappa shape index (κ2) is 6.06. The van der Waals surface area contributed by atoms with E-state index in [0.29, 0.717) is 23.6 Å². The molecule has 5 nitrogen and oxygen atoms in total. The molecule has 2 heterocycles. The molecule has 3 rings (SSSR count). The number of benzene rings is 1. The quantitative estimate of drug-likeness (QED) is 0.867. The molecule has 0 unspecified atom stereocenters. The summed E-state index contributed by atoms with van der Waals surface area (Å²) in [6.45, 7) is 5.15. The smallest absolute Gasteiger partial charge is 0.272 e. The SMILES string of the molecule is C[C@H]1CN(C(=O)c2c[nH]c(=S)n2-c2ccccc2)C[C@H](C)O1. The maximum atomic E-state index is 12.9. The number of carbonyl (C=O) groups is 1. The van der Waals surface area contributed by atoms with Gasteiger partial charge in [-0.05, 0) is 38.2 Å². The highest BCUT2D eigenvalue weighted by Gasteiger charge is 2.28. The number of amides is 1. The Hall–Kier alpha value is -1.92. The number of rotatable bonds is 2. The van der Waals surface area contributed by atoms with Crippen LogP contribution in [0.3, 0.4) is 0 Å². The van der Waals surface area contributed by atoms with Crippen LogP contribution in [0.4, 0.5) is 0 Å². The summed E-state index contributed by atoms with van der Waals surface area (Å²) < 4.78 is 7.99. The van der Waals surface area contributed by atoms with Gasteiger partial charge >= 0.3 is 0 Å². The lowest BCUT2D eigenvalue weighted by atomic mass is 10.2. The third kappa shape index (κ3) is 2.84. The van der Waals surface area contributed by atoms with Crippen molar-refractivity contribution >= 4 is 18.1 Å².